The van der Waals surface area contributed by atoms with Crippen LogP contribution in [0.5, 0.6) is 0 Å². The van der Waals surface area contributed by atoms with Crippen LogP contribution in [0.15, 0.2) is 0 Å². The molecule has 5 heteroatoms. The quantitative estimate of drug-likeness (QED) is 0.722. The number of aliphatic hydroxyl groups excluding tert-OH is 1. The van der Waals surface area contributed by atoms with E-state index in [4.69, 9.17) is 5.11 Å². The van der Waals surface area contributed by atoms with Gasteiger partial charge in [0.15, 0.2) is 0 Å². The highest BCUT2D eigenvalue weighted by molar-refractivity contribution is 5.85. The fraction of sp³-hybridized carbons (Fsp3) is 1.00. The molecule has 2 rings (SSSR count). The fourth-order valence-corrected chi connectivity index (χ4v) is 2.56. The summed E-state index contributed by atoms with van der Waals surface area (Å²) in [5.41, 5.74) is 0. The molecule has 2 aliphatic rings. The van der Waals surface area contributed by atoms with Gasteiger partial charge in [-0.3, -0.25) is 9.80 Å². The second-order valence-electron chi connectivity index (χ2n) is 4.66. The first-order valence-corrected chi connectivity index (χ1v) is 6.17. The van der Waals surface area contributed by atoms with Gasteiger partial charge in [-0.1, -0.05) is 0 Å². The molecule has 2 heterocycles. The third-order valence-electron chi connectivity index (χ3n) is 3.52. The lowest BCUT2D eigenvalue weighted by molar-refractivity contribution is 0.107. The molecule has 16 heavy (non-hydrogen) atoms. The van der Waals surface area contributed by atoms with E-state index in [2.05, 4.69) is 15.1 Å². The van der Waals surface area contributed by atoms with Gasteiger partial charge in [-0.05, 0) is 19.4 Å². The van der Waals surface area contributed by atoms with E-state index in [1.807, 2.05) is 0 Å². The molecule has 96 valence electrons. The van der Waals surface area contributed by atoms with Crippen LogP contribution in [-0.2, 0) is 0 Å². The van der Waals surface area contributed by atoms with Crippen LogP contribution in [0.25, 0.3) is 0 Å². The Labute approximate surface area is 104 Å². The summed E-state index contributed by atoms with van der Waals surface area (Å²) in [5, 5.41) is 12.4. The molecule has 4 nitrogen and oxygen atoms in total. The second-order valence-corrected chi connectivity index (χ2v) is 4.66. The highest BCUT2D eigenvalue weighted by Crippen LogP contribution is 2.09. The van der Waals surface area contributed by atoms with Crippen LogP contribution in [0.1, 0.15) is 12.8 Å². The lowest BCUT2D eigenvalue weighted by Gasteiger charge is -2.35. The van der Waals surface area contributed by atoms with Crippen molar-refractivity contribution in [3.05, 3.63) is 0 Å². The Kier molecular flexibility index (Phi) is 6.61. The lowest BCUT2D eigenvalue weighted by Crippen LogP contribution is -2.50. The Morgan fingerprint density at radius 1 is 1.12 bits per heavy atom. The third kappa shape index (κ3) is 4.18. The fourth-order valence-electron chi connectivity index (χ4n) is 2.56. The molecule has 0 aromatic rings. The minimum atomic E-state index is 0. The van der Waals surface area contributed by atoms with Gasteiger partial charge in [0, 0.05) is 45.3 Å². The Morgan fingerprint density at radius 2 is 1.81 bits per heavy atom. The molecule has 0 spiro atoms. The van der Waals surface area contributed by atoms with Crippen LogP contribution in [0, 0.1) is 0 Å². The summed E-state index contributed by atoms with van der Waals surface area (Å²) < 4.78 is 0. The van der Waals surface area contributed by atoms with Crippen molar-refractivity contribution in [1.82, 2.24) is 15.1 Å². The summed E-state index contributed by atoms with van der Waals surface area (Å²) in [4.78, 5) is 4.90. The first-order chi connectivity index (χ1) is 7.38. The maximum Gasteiger partial charge on any atom is 0.0558 e. The molecular formula is C11H24ClN3O. The molecule has 2 fully saturated rings. The zero-order chi connectivity index (χ0) is 10.5. The predicted octanol–water partition coefficient (Wildman–Crippen LogP) is -0.230. The monoisotopic (exact) mass is 249 g/mol. The SMILES string of the molecule is Cl.OCCN1CCN(CC2CCCN2)CC1. The van der Waals surface area contributed by atoms with Crippen LogP contribution in [0.3, 0.4) is 0 Å². The van der Waals surface area contributed by atoms with E-state index in [0.717, 1.165) is 38.8 Å². The average molecular weight is 250 g/mol. The summed E-state index contributed by atoms with van der Waals surface area (Å²) in [7, 11) is 0. The number of piperazine rings is 1. The number of halogens is 1. The van der Waals surface area contributed by atoms with Crippen molar-refractivity contribution < 1.29 is 5.11 Å². The summed E-state index contributed by atoms with van der Waals surface area (Å²) in [6.45, 7) is 8.12. The third-order valence-corrected chi connectivity index (χ3v) is 3.52. The molecule has 0 bridgehead atoms. The van der Waals surface area contributed by atoms with E-state index in [0.29, 0.717) is 6.61 Å². The van der Waals surface area contributed by atoms with Crippen molar-refractivity contribution >= 4 is 12.4 Å². The molecule has 0 radical (unpaired) electrons. The lowest BCUT2D eigenvalue weighted by atomic mass is 10.2. The van der Waals surface area contributed by atoms with E-state index < -0.39 is 0 Å². The summed E-state index contributed by atoms with van der Waals surface area (Å²) in [6.07, 6.45) is 2.69. The van der Waals surface area contributed by atoms with Gasteiger partial charge in [-0.2, -0.15) is 0 Å². The molecule has 1 atom stereocenters. The van der Waals surface area contributed by atoms with Crippen molar-refractivity contribution in [2.75, 3.05) is 52.4 Å². The Hall–Kier alpha value is 0.130. The van der Waals surface area contributed by atoms with Crippen molar-refractivity contribution in [2.24, 2.45) is 0 Å². The molecule has 0 aliphatic carbocycles. The van der Waals surface area contributed by atoms with Gasteiger partial charge in [0.05, 0.1) is 6.61 Å². The number of nitrogens with one attached hydrogen (secondary N) is 1. The van der Waals surface area contributed by atoms with Crippen molar-refractivity contribution in [2.45, 2.75) is 18.9 Å². The number of β-amino-alcohol motifs (C(OH)–C–C–N with tert-alkyl or cyclic N) is 1. The number of hydrogen-bond acceptors (Lipinski definition) is 4. The summed E-state index contributed by atoms with van der Waals surface area (Å²) in [5.74, 6) is 0. The summed E-state index contributed by atoms with van der Waals surface area (Å²) in [6, 6.07) is 0.731. The van der Waals surface area contributed by atoms with Crippen LogP contribution in [-0.4, -0.2) is 73.4 Å². The van der Waals surface area contributed by atoms with Crippen LogP contribution < -0.4 is 5.32 Å². The largest absolute Gasteiger partial charge is 0.395 e. The number of hydrogen-bond donors (Lipinski definition) is 2. The molecule has 1 unspecified atom stereocenters. The predicted molar refractivity (Wildman–Crippen MR) is 68.2 cm³/mol. The molecule has 0 aromatic carbocycles. The van der Waals surface area contributed by atoms with Crippen molar-refractivity contribution in [3.63, 3.8) is 0 Å². The van der Waals surface area contributed by atoms with Gasteiger partial charge in [0.25, 0.3) is 0 Å². The Bertz CT molecular complexity index is 180. The maximum absolute atomic E-state index is 8.85. The highest BCUT2D eigenvalue weighted by Gasteiger charge is 2.21. The number of aliphatic hydroxyl groups is 1. The molecule has 2 aliphatic heterocycles. The zero-order valence-electron chi connectivity index (χ0n) is 9.90. The topological polar surface area (TPSA) is 38.7 Å². The first kappa shape index (κ1) is 14.2. The molecule has 0 aromatic heterocycles. The van der Waals surface area contributed by atoms with E-state index >= 15 is 0 Å². The number of rotatable bonds is 4. The molecule has 0 saturated carbocycles. The van der Waals surface area contributed by atoms with Gasteiger partial charge in [-0.15, -0.1) is 12.4 Å². The zero-order valence-corrected chi connectivity index (χ0v) is 10.7. The van der Waals surface area contributed by atoms with Crippen LogP contribution >= 0.6 is 12.4 Å². The standard InChI is InChI=1S/C11H23N3O.ClH/c15-9-8-13-4-6-14(7-5-13)10-11-2-1-3-12-11;/h11-12,15H,1-10H2;1H. The Morgan fingerprint density at radius 3 is 2.38 bits per heavy atom. The Balaban J connectivity index is 0.00000128. The van der Waals surface area contributed by atoms with Gasteiger partial charge in [-0.25, -0.2) is 0 Å². The average Bonchev–Trinajstić information content (AvgIpc) is 2.74. The van der Waals surface area contributed by atoms with Gasteiger partial charge < -0.3 is 10.4 Å². The molecule has 2 N–H and O–H groups in total. The van der Waals surface area contributed by atoms with Gasteiger partial charge in [0.2, 0.25) is 0 Å². The minimum absolute atomic E-state index is 0. The number of nitrogens with zero attached hydrogens (tertiary/aromatic N) is 2. The normalized spacial score (nSPS) is 27.9. The van der Waals surface area contributed by atoms with Crippen LogP contribution in [0.4, 0.5) is 0 Å². The van der Waals surface area contributed by atoms with Crippen LogP contribution in [0.2, 0.25) is 0 Å². The van der Waals surface area contributed by atoms with Gasteiger partial charge >= 0.3 is 0 Å². The molecule has 0 amide bonds. The second kappa shape index (κ2) is 7.45. The van der Waals surface area contributed by atoms with E-state index in [1.54, 1.807) is 0 Å². The molecule has 2 saturated heterocycles. The van der Waals surface area contributed by atoms with Gasteiger partial charge in [0.1, 0.15) is 0 Å². The van der Waals surface area contributed by atoms with E-state index in [1.165, 1.54) is 25.9 Å². The highest BCUT2D eigenvalue weighted by atomic mass is 35.5. The summed E-state index contributed by atoms with van der Waals surface area (Å²) >= 11 is 0. The van der Waals surface area contributed by atoms with Crippen molar-refractivity contribution in [1.29, 1.82) is 0 Å². The van der Waals surface area contributed by atoms with E-state index in [-0.39, 0.29) is 12.4 Å². The molecular weight excluding hydrogens is 226 g/mol. The van der Waals surface area contributed by atoms with Crippen molar-refractivity contribution in [3.8, 4) is 0 Å². The van der Waals surface area contributed by atoms with E-state index in [9.17, 15) is 0 Å². The first-order valence-electron chi connectivity index (χ1n) is 6.17. The minimum Gasteiger partial charge on any atom is -0.395 e. The smallest absolute Gasteiger partial charge is 0.0558 e. The maximum atomic E-state index is 8.85.